The van der Waals surface area contributed by atoms with Crippen molar-refractivity contribution in [2.24, 2.45) is 0 Å². The van der Waals surface area contributed by atoms with Crippen LogP contribution in [0.15, 0.2) is 75.2 Å². The highest BCUT2D eigenvalue weighted by atomic mass is 35.5. The zero-order valence-electron chi connectivity index (χ0n) is 14.8. The van der Waals surface area contributed by atoms with E-state index in [0.29, 0.717) is 27.1 Å². The van der Waals surface area contributed by atoms with Crippen molar-refractivity contribution in [3.8, 4) is 16.9 Å². The Bertz CT molecular complexity index is 1160. The van der Waals surface area contributed by atoms with Gasteiger partial charge < -0.3 is 4.42 Å². The molecule has 0 aliphatic heterocycles. The molecule has 0 aliphatic rings. The van der Waals surface area contributed by atoms with Gasteiger partial charge in [-0.1, -0.05) is 55.4 Å². The van der Waals surface area contributed by atoms with E-state index in [1.165, 1.54) is 0 Å². The molecule has 136 valence electrons. The molecular formula is C21H17ClN2O2S. The molecule has 2 aromatic heterocycles. The van der Waals surface area contributed by atoms with Crippen LogP contribution in [-0.2, 0) is 0 Å². The topological polar surface area (TPSA) is 48.0 Å². The van der Waals surface area contributed by atoms with Crippen LogP contribution < -0.4 is 5.63 Å². The Kier molecular flexibility index (Phi) is 4.81. The van der Waals surface area contributed by atoms with Gasteiger partial charge in [0.15, 0.2) is 5.16 Å². The maximum atomic E-state index is 12.5. The fourth-order valence-electron chi connectivity index (χ4n) is 2.81. The van der Waals surface area contributed by atoms with Gasteiger partial charge >= 0.3 is 5.63 Å². The lowest BCUT2D eigenvalue weighted by Gasteiger charge is -2.08. The standard InChI is InChI=1S/C21H17ClN2O2S/c1-13(2)27-21-23-18(12-24(21)16-9-7-15(22)8-10-16)17-11-14-5-3-4-6-19(14)26-20(17)25/h3-13H,1-2H3. The second kappa shape index (κ2) is 7.25. The quantitative estimate of drug-likeness (QED) is 0.323. The third kappa shape index (κ3) is 3.66. The Morgan fingerprint density at radius 3 is 2.59 bits per heavy atom. The highest BCUT2D eigenvalue weighted by Gasteiger charge is 2.16. The number of hydrogen-bond donors (Lipinski definition) is 0. The fraction of sp³-hybridized carbons (Fsp3) is 0.143. The first-order valence-electron chi connectivity index (χ1n) is 8.56. The summed E-state index contributed by atoms with van der Waals surface area (Å²) in [4.78, 5) is 17.2. The Morgan fingerprint density at radius 2 is 1.85 bits per heavy atom. The maximum absolute atomic E-state index is 12.5. The molecular weight excluding hydrogens is 380 g/mol. The van der Waals surface area contributed by atoms with E-state index in [1.807, 2.05) is 59.3 Å². The molecule has 0 atom stereocenters. The summed E-state index contributed by atoms with van der Waals surface area (Å²) in [6, 6.07) is 16.8. The van der Waals surface area contributed by atoms with Crippen LogP contribution in [0.3, 0.4) is 0 Å². The second-order valence-corrected chi connectivity index (χ2v) is 8.39. The van der Waals surface area contributed by atoms with E-state index in [-0.39, 0.29) is 0 Å². The van der Waals surface area contributed by atoms with E-state index in [1.54, 1.807) is 17.8 Å². The number of benzene rings is 2. The molecule has 0 spiro atoms. The Morgan fingerprint density at radius 1 is 1.11 bits per heavy atom. The lowest BCUT2D eigenvalue weighted by Crippen LogP contribution is -2.02. The largest absolute Gasteiger partial charge is 0.422 e. The second-order valence-electron chi connectivity index (χ2n) is 6.41. The van der Waals surface area contributed by atoms with E-state index < -0.39 is 5.63 Å². The van der Waals surface area contributed by atoms with Gasteiger partial charge in [0.25, 0.3) is 0 Å². The summed E-state index contributed by atoms with van der Waals surface area (Å²) in [5.41, 5.74) is 2.15. The van der Waals surface area contributed by atoms with Gasteiger partial charge in [0, 0.05) is 27.5 Å². The molecule has 0 amide bonds. The van der Waals surface area contributed by atoms with Gasteiger partial charge in [-0.05, 0) is 36.4 Å². The van der Waals surface area contributed by atoms with E-state index in [4.69, 9.17) is 21.0 Å². The SMILES string of the molecule is CC(C)Sc1nc(-c2cc3ccccc3oc2=O)cn1-c1ccc(Cl)cc1. The van der Waals surface area contributed by atoms with Crippen molar-refractivity contribution in [1.29, 1.82) is 0 Å². The normalized spacial score (nSPS) is 11.4. The molecule has 4 rings (SSSR count). The minimum atomic E-state index is -0.393. The zero-order chi connectivity index (χ0) is 19.0. The zero-order valence-corrected chi connectivity index (χ0v) is 16.4. The van der Waals surface area contributed by atoms with Crippen LogP contribution in [0.4, 0.5) is 0 Å². The van der Waals surface area contributed by atoms with Crippen LogP contribution >= 0.6 is 23.4 Å². The summed E-state index contributed by atoms with van der Waals surface area (Å²) in [7, 11) is 0. The minimum Gasteiger partial charge on any atom is -0.422 e. The van der Waals surface area contributed by atoms with Gasteiger partial charge in [0.05, 0.1) is 11.3 Å². The van der Waals surface area contributed by atoms with Crippen LogP contribution in [0.1, 0.15) is 13.8 Å². The van der Waals surface area contributed by atoms with Crippen molar-refractivity contribution >= 4 is 34.3 Å². The molecule has 0 bridgehead atoms. The molecule has 2 aromatic carbocycles. The number of rotatable bonds is 4. The molecule has 6 heteroatoms. The molecule has 0 unspecified atom stereocenters. The summed E-state index contributed by atoms with van der Waals surface area (Å²) >= 11 is 7.65. The maximum Gasteiger partial charge on any atom is 0.345 e. The fourth-order valence-corrected chi connectivity index (χ4v) is 3.78. The summed E-state index contributed by atoms with van der Waals surface area (Å²) in [5.74, 6) is 0. The highest BCUT2D eigenvalue weighted by molar-refractivity contribution is 7.99. The first-order chi connectivity index (χ1) is 13.0. The van der Waals surface area contributed by atoms with E-state index in [2.05, 4.69) is 13.8 Å². The number of para-hydroxylation sites is 1. The lowest BCUT2D eigenvalue weighted by molar-refractivity contribution is 0.563. The third-order valence-corrected chi connectivity index (χ3v) is 5.26. The summed E-state index contributed by atoms with van der Waals surface area (Å²) in [6.07, 6.45) is 1.87. The van der Waals surface area contributed by atoms with Gasteiger partial charge in [0.2, 0.25) is 0 Å². The van der Waals surface area contributed by atoms with E-state index in [0.717, 1.165) is 16.2 Å². The van der Waals surface area contributed by atoms with Crippen LogP contribution in [0.25, 0.3) is 27.9 Å². The number of aromatic nitrogens is 2. The number of halogens is 1. The van der Waals surface area contributed by atoms with Gasteiger partial charge in [-0.15, -0.1) is 0 Å². The molecule has 0 fully saturated rings. The average molecular weight is 397 g/mol. The first kappa shape index (κ1) is 17.9. The van der Waals surface area contributed by atoms with Crippen molar-refractivity contribution in [1.82, 2.24) is 9.55 Å². The van der Waals surface area contributed by atoms with Gasteiger partial charge in [-0.3, -0.25) is 4.57 Å². The number of nitrogens with zero attached hydrogens (tertiary/aromatic N) is 2. The Labute approximate surface area is 165 Å². The van der Waals surface area contributed by atoms with Crippen molar-refractivity contribution in [2.45, 2.75) is 24.3 Å². The third-order valence-electron chi connectivity index (χ3n) is 4.04. The molecule has 0 saturated carbocycles. The van der Waals surface area contributed by atoms with Gasteiger partial charge in [0.1, 0.15) is 5.58 Å². The Balaban J connectivity index is 1.88. The van der Waals surface area contributed by atoms with Crippen molar-refractivity contribution in [3.63, 3.8) is 0 Å². The van der Waals surface area contributed by atoms with Crippen molar-refractivity contribution < 1.29 is 4.42 Å². The number of hydrogen-bond acceptors (Lipinski definition) is 4. The Hall–Kier alpha value is -2.50. The van der Waals surface area contributed by atoms with E-state index >= 15 is 0 Å². The van der Waals surface area contributed by atoms with Crippen molar-refractivity contribution in [2.75, 3.05) is 0 Å². The number of fused-ring (bicyclic) bond motifs is 1. The molecule has 0 N–H and O–H groups in total. The van der Waals surface area contributed by atoms with Gasteiger partial charge in [-0.2, -0.15) is 0 Å². The predicted octanol–water partition coefficient (Wildman–Crippen LogP) is 5.80. The number of thioether (sulfide) groups is 1. The monoisotopic (exact) mass is 396 g/mol. The number of imidazole rings is 1. The minimum absolute atomic E-state index is 0.347. The predicted molar refractivity (Wildman–Crippen MR) is 111 cm³/mol. The van der Waals surface area contributed by atoms with Crippen LogP contribution in [0, 0.1) is 0 Å². The summed E-state index contributed by atoms with van der Waals surface area (Å²) < 4.78 is 7.45. The average Bonchev–Trinajstić information content (AvgIpc) is 3.04. The molecule has 27 heavy (non-hydrogen) atoms. The molecule has 0 saturated heterocycles. The van der Waals surface area contributed by atoms with Crippen LogP contribution in [-0.4, -0.2) is 14.8 Å². The highest BCUT2D eigenvalue weighted by Crippen LogP contribution is 2.30. The van der Waals surface area contributed by atoms with Crippen LogP contribution in [0.2, 0.25) is 5.02 Å². The molecule has 0 radical (unpaired) electrons. The molecule has 2 heterocycles. The lowest BCUT2D eigenvalue weighted by atomic mass is 10.1. The van der Waals surface area contributed by atoms with Gasteiger partial charge in [-0.25, -0.2) is 9.78 Å². The first-order valence-corrected chi connectivity index (χ1v) is 9.82. The smallest absolute Gasteiger partial charge is 0.345 e. The summed E-state index contributed by atoms with van der Waals surface area (Å²) in [6.45, 7) is 4.21. The molecule has 0 aliphatic carbocycles. The van der Waals surface area contributed by atoms with Crippen LogP contribution in [0.5, 0.6) is 0 Å². The molecule has 4 aromatic rings. The van der Waals surface area contributed by atoms with Crippen molar-refractivity contribution in [3.05, 3.63) is 76.2 Å². The molecule has 4 nitrogen and oxygen atoms in total. The van der Waals surface area contributed by atoms with E-state index in [9.17, 15) is 4.79 Å². The summed E-state index contributed by atoms with van der Waals surface area (Å²) in [5, 5.41) is 2.70.